The number of nitrogens with zero attached hydrogens (tertiary/aromatic N) is 4. The van der Waals surface area contributed by atoms with Crippen LogP contribution in [0.3, 0.4) is 0 Å². The molecule has 21 heavy (non-hydrogen) atoms. The lowest BCUT2D eigenvalue weighted by atomic mass is 10.3. The van der Waals surface area contributed by atoms with Crippen LogP contribution in [0, 0.1) is 0 Å². The molecule has 0 unspecified atom stereocenters. The van der Waals surface area contributed by atoms with Crippen LogP contribution in [0.4, 0.5) is 0 Å². The van der Waals surface area contributed by atoms with E-state index < -0.39 is 6.10 Å². The zero-order chi connectivity index (χ0) is 14.8. The first-order valence-corrected chi connectivity index (χ1v) is 7.04. The van der Waals surface area contributed by atoms with E-state index in [0.717, 1.165) is 11.0 Å². The first kappa shape index (κ1) is 14.0. The minimum atomic E-state index is -0.626. The van der Waals surface area contributed by atoms with Crippen LogP contribution in [0.5, 0.6) is 0 Å². The van der Waals surface area contributed by atoms with Crippen LogP contribution in [0.15, 0.2) is 24.3 Å². The molecule has 0 bridgehead atoms. The van der Waals surface area contributed by atoms with E-state index in [-0.39, 0.29) is 18.6 Å². The first-order valence-electron chi connectivity index (χ1n) is 7.04. The Bertz CT molecular complexity index is 609. The minimum absolute atomic E-state index is 0.0697. The third kappa shape index (κ3) is 2.88. The van der Waals surface area contributed by atoms with Gasteiger partial charge in [0.15, 0.2) is 0 Å². The van der Waals surface area contributed by atoms with Gasteiger partial charge >= 0.3 is 0 Å². The van der Waals surface area contributed by atoms with E-state index in [4.69, 9.17) is 4.74 Å². The lowest BCUT2D eigenvalue weighted by Crippen LogP contribution is -2.33. The highest BCUT2D eigenvalue weighted by atomic mass is 16.5. The maximum atomic E-state index is 12.2. The van der Waals surface area contributed by atoms with Crippen molar-refractivity contribution in [3.63, 3.8) is 0 Å². The molecule has 1 saturated heterocycles. The maximum Gasteiger partial charge on any atom is 0.246 e. The quantitative estimate of drug-likeness (QED) is 0.860. The predicted molar refractivity (Wildman–Crippen MR) is 75.5 cm³/mol. The molecule has 0 radical (unpaired) electrons. The molecule has 0 spiro atoms. The Hall–Kier alpha value is -1.99. The second-order valence-corrected chi connectivity index (χ2v) is 5.08. The molecule has 112 valence electrons. The average Bonchev–Trinajstić information content (AvgIpc) is 3.03. The van der Waals surface area contributed by atoms with Crippen LogP contribution in [-0.2, 0) is 16.1 Å². The van der Waals surface area contributed by atoms with Gasteiger partial charge in [-0.1, -0.05) is 12.1 Å². The normalized spacial score (nSPS) is 22.1. The van der Waals surface area contributed by atoms with Gasteiger partial charge in [0.25, 0.3) is 0 Å². The molecule has 7 heteroatoms. The average molecular weight is 290 g/mol. The summed E-state index contributed by atoms with van der Waals surface area (Å²) in [4.78, 5) is 15.2. The summed E-state index contributed by atoms with van der Waals surface area (Å²) in [5, 5.41) is 18.4. The molecule has 1 aromatic heterocycles. The molecular formula is C14H18N4O3. The van der Waals surface area contributed by atoms with Crippen LogP contribution >= 0.6 is 0 Å². The molecule has 0 saturated carbocycles. The van der Waals surface area contributed by atoms with Crippen LogP contribution in [0.1, 0.15) is 6.92 Å². The van der Waals surface area contributed by atoms with Crippen molar-refractivity contribution in [1.82, 2.24) is 19.9 Å². The number of aromatic nitrogens is 3. The molecule has 2 heterocycles. The van der Waals surface area contributed by atoms with Crippen LogP contribution in [-0.4, -0.2) is 62.8 Å². The molecule has 1 N–H and O–H groups in total. The zero-order valence-corrected chi connectivity index (χ0v) is 11.8. The number of β-amino-alcohol motifs (C(OH)–C–C–N with tert-alkyl or cyclic N) is 1. The number of rotatable bonds is 4. The van der Waals surface area contributed by atoms with Crippen LogP contribution in [0.25, 0.3) is 11.0 Å². The van der Waals surface area contributed by atoms with E-state index in [0.29, 0.717) is 19.7 Å². The third-order valence-electron chi connectivity index (χ3n) is 3.58. The Morgan fingerprint density at radius 3 is 2.62 bits per heavy atom. The van der Waals surface area contributed by atoms with Gasteiger partial charge < -0.3 is 14.7 Å². The lowest BCUT2D eigenvalue weighted by molar-refractivity contribution is -0.131. The van der Waals surface area contributed by atoms with E-state index in [1.54, 1.807) is 4.90 Å². The van der Waals surface area contributed by atoms with E-state index >= 15 is 0 Å². The molecule has 7 nitrogen and oxygen atoms in total. The SMILES string of the molecule is CCO[C@H]1CN(C(=O)Cn2nc3ccccc3n2)C[C@@H]1O. The minimum Gasteiger partial charge on any atom is -0.388 e. The zero-order valence-electron chi connectivity index (χ0n) is 11.8. The Labute approximate surface area is 122 Å². The Balaban J connectivity index is 1.66. The van der Waals surface area contributed by atoms with Crippen molar-refractivity contribution >= 4 is 16.9 Å². The van der Waals surface area contributed by atoms with E-state index in [1.165, 1.54) is 4.80 Å². The van der Waals surface area contributed by atoms with E-state index in [2.05, 4.69) is 10.2 Å². The summed E-state index contributed by atoms with van der Waals surface area (Å²) in [6.45, 7) is 3.17. The molecule has 1 amide bonds. The second kappa shape index (κ2) is 5.79. The van der Waals surface area contributed by atoms with Crippen molar-refractivity contribution in [1.29, 1.82) is 0 Å². The fraction of sp³-hybridized carbons (Fsp3) is 0.500. The summed E-state index contributed by atoms with van der Waals surface area (Å²) in [5.74, 6) is -0.114. The van der Waals surface area contributed by atoms with E-state index in [1.807, 2.05) is 31.2 Å². The van der Waals surface area contributed by atoms with Gasteiger partial charge in [-0.25, -0.2) is 0 Å². The third-order valence-corrected chi connectivity index (χ3v) is 3.58. The van der Waals surface area contributed by atoms with Gasteiger partial charge in [-0.3, -0.25) is 4.79 Å². The molecule has 1 aromatic carbocycles. The van der Waals surface area contributed by atoms with Crippen LogP contribution < -0.4 is 0 Å². The van der Waals surface area contributed by atoms with Gasteiger partial charge in [0, 0.05) is 19.7 Å². The van der Waals surface area contributed by atoms with Crippen molar-refractivity contribution < 1.29 is 14.6 Å². The summed E-state index contributed by atoms with van der Waals surface area (Å²) in [6, 6.07) is 7.47. The molecule has 1 aliphatic heterocycles. The smallest absolute Gasteiger partial charge is 0.246 e. The van der Waals surface area contributed by atoms with Crippen molar-refractivity contribution in [2.24, 2.45) is 0 Å². The van der Waals surface area contributed by atoms with Gasteiger partial charge in [-0.05, 0) is 19.1 Å². The topological polar surface area (TPSA) is 80.5 Å². The summed E-state index contributed by atoms with van der Waals surface area (Å²) < 4.78 is 5.41. The number of hydrogen-bond donors (Lipinski definition) is 1. The highest BCUT2D eigenvalue weighted by Gasteiger charge is 2.34. The van der Waals surface area contributed by atoms with Crippen molar-refractivity contribution in [3.8, 4) is 0 Å². The number of hydrogen-bond acceptors (Lipinski definition) is 5. The van der Waals surface area contributed by atoms with Gasteiger partial charge in [-0.15, -0.1) is 0 Å². The number of carbonyl (C=O) groups is 1. The highest BCUT2D eigenvalue weighted by molar-refractivity contribution is 5.77. The van der Waals surface area contributed by atoms with Gasteiger partial charge in [-0.2, -0.15) is 15.0 Å². The van der Waals surface area contributed by atoms with Gasteiger partial charge in [0.05, 0.1) is 6.10 Å². The maximum absolute atomic E-state index is 12.2. The molecule has 0 aliphatic carbocycles. The van der Waals surface area contributed by atoms with Gasteiger partial charge in [0.1, 0.15) is 23.7 Å². The Morgan fingerprint density at radius 2 is 2.00 bits per heavy atom. The predicted octanol–water partition coefficient (Wildman–Crippen LogP) is 0.0395. The Kier molecular flexibility index (Phi) is 3.85. The fourth-order valence-electron chi connectivity index (χ4n) is 2.53. The summed E-state index contributed by atoms with van der Waals surface area (Å²) in [6.07, 6.45) is -0.929. The summed E-state index contributed by atoms with van der Waals surface area (Å²) in [5.41, 5.74) is 1.53. The monoisotopic (exact) mass is 290 g/mol. The van der Waals surface area contributed by atoms with Crippen molar-refractivity contribution in [2.75, 3.05) is 19.7 Å². The number of benzene rings is 1. The largest absolute Gasteiger partial charge is 0.388 e. The fourth-order valence-corrected chi connectivity index (χ4v) is 2.53. The molecule has 2 atom stereocenters. The van der Waals surface area contributed by atoms with Crippen molar-refractivity contribution in [2.45, 2.75) is 25.7 Å². The number of amides is 1. The molecule has 1 aliphatic rings. The first-order chi connectivity index (χ1) is 10.2. The Morgan fingerprint density at radius 1 is 1.33 bits per heavy atom. The number of ether oxygens (including phenoxy) is 1. The summed E-state index contributed by atoms with van der Waals surface area (Å²) >= 11 is 0. The molecule has 3 rings (SSSR count). The second-order valence-electron chi connectivity index (χ2n) is 5.08. The molecule has 2 aromatic rings. The van der Waals surface area contributed by atoms with Crippen LogP contribution in [0.2, 0.25) is 0 Å². The van der Waals surface area contributed by atoms with Gasteiger partial charge in [0.2, 0.25) is 5.91 Å². The summed E-state index contributed by atoms with van der Waals surface area (Å²) in [7, 11) is 0. The number of aliphatic hydroxyl groups excluding tert-OH is 1. The van der Waals surface area contributed by atoms with Crippen molar-refractivity contribution in [3.05, 3.63) is 24.3 Å². The highest BCUT2D eigenvalue weighted by Crippen LogP contribution is 2.14. The number of carbonyl (C=O) groups excluding carboxylic acids is 1. The molecule has 1 fully saturated rings. The number of fused-ring (bicyclic) bond motifs is 1. The lowest BCUT2D eigenvalue weighted by Gasteiger charge is -2.15. The number of likely N-dealkylation sites (tertiary alicyclic amines) is 1. The molecular weight excluding hydrogens is 272 g/mol. The number of aliphatic hydroxyl groups is 1. The standard InChI is InChI=1S/C14H18N4O3/c1-2-21-13-8-17(7-12(13)19)14(20)9-18-15-10-5-3-4-6-11(10)16-18/h3-6,12-13,19H,2,7-9H2,1H3/t12-,13-/m0/s1. The van der Waals surface area contributed by atoms with E-state index in [9.17, 15) is 9.90 Å².